The minimum atomic E-state index is 1.05. The van der Waals surface area contributed by atoms with Crippen LogP contribution in [0, 0.1) is 0 Å². The van der Waals surface area contributed by atoms with Gasteiger partial charge in [0.05, 0.1) is 0 Å². The van der Waals surface area contributed by atoms with Crippen molar-refractivity contribution in [3.63, 3.8) is 0 Å². The Morgan fingerprint density at radius 2 is 1.92 bits per heavy atom. The Morgan fingerprint density at radius 3 is 2.38 bits per heavy atom. The van der Waals surface area contributed by atoms with Crippen LogP contribution in [0.15, 0.2) is 42.5 Å². The lowest BCUT2D eigenvalue weighted by Gasteiger charge is -2.01. The highest BCUT2D eigenvalue weighted by Gasteiger charge is 1.93. The molecule has 1 aromatic rings. The first kappa shape index (κ1) is 9.79. The number of hydrogen-bond acceptors (Lipinski definition) is 0. The Hall–Kier alpha value is -1.30. The number of benzene rings is 1. The minimum absolute atomic E-state index is 1.05. The maximum Gasteiger partial charge on any atom is -0.00700 e. The Morgan fingerprint density at radius 1 is 1.31 bits per heavy atom. The SMILES string of the molecule is C=Cc1ccc(CC(C)=CC)cc1. The molecule has 0 aliphatic rings. The Balaban J connectivity index is 2.75. The van der Waals surface area contributed by atoms with Crippen LogP contribution in [0.4, 0.5) is 0 Å². The molecule has 0 aliphatic carbocycles. The Bertz CT molecular complexity index is 301. The van der Waals surface area contributed by atoms with E-state index in [0.717, 1.165) is 6.42 Å². The highest BCUT2D eigenvalue weighted by atomic mass is 14.0. The molecule has 13 heavy (non-hydrogen) atoms. The third-order valence-corrected chi connectivity index (χ3v) is 2.19. The molecule has 0 atom stereocenters. The van der Waals surface area contributed by atoms with E-state index in [1.807, 2.05) is 6.08 Å². The number of rotatable bonds is 3. The zero-order valence-electron chi connectivity index (χ0n) is 8.38. The largest absolute Gasteiger partial charge is 0.0985 e. The third kappa shape index (κ3) is 2.90. The molecule has 1 aromatic carbocycles. The fraction of sp³-hybridized carbons (Fsp3) is 0.231. The van der Waals surface area contributed by atoms with Crippen molar-refractivity contribution >= 4 is 6.08 Å². The summed E-state index contributed by atoms with van der Waals surface area (Å²) in [6.45, 7) is 7.96. The second kappa shape index (κ2) is 4.66. The quantitative estimate of drug-likeness (QED) is 0.608. The van der Waals surface area contributed by atoms with E-state index in [2.05, 4.69) is 50.8 Å². The molecular weight excluding hydrogens is 156 g/mol. The zero-order chi connectivity index (χ0) is 9.68. The van der Waals surface area contributed by atoms with Gasteiger partial charge < -0.3 is 0 Å². The average Bonchev–Trinajstić information content (AvgIpc) is 2.19. The number of allylic oxidation sites excluding steroid dienone is 2. The maximum atomic E-state index is 3.73. The van der Waals surface area contributed by atoms with Crippen molar-refractivity contribution in [2.24, 2.45) is 0 Å². The maximum absolute atomic E-state index is 3.73. The monoisotopic (exact) mass is 172 g/mol. The smallest absolute Gasteiger partial charge is 0.00700 e. The van der Waals surface area contributed by atoms with Crippen LogP contribution in [-0.4, -0.2) is 0 Å². The van der Waals surface area contributed by atoms with Crippen molar-refractivity contribution in [3.8, 4) is 0 Å². The van der Waals surface area contributed by atoms with E-state index in [-0.39, 0.29) is 0 Å². The summed E-state index contributed by atoms with van der Waals surface area (Å²) >= 11 is 0. The van der Waals surface area contributed by atoms with E-state index >= 15 is 0 Å². The molecule has 0 nitrogen and oxygen atoms in total. The molecular formula is C13H16. The van der Waals surface area contributed by atoms with Crippen molar-refractivity contribution in [1.82, 2.24) is 0 Å². The average molecular weight is 172 g/mol. The van der Waals surface area contributed by atoms with Crippen LogP contribution in [-0.2, 0) is 6.42 Å². The van der Waals surface area contributed by atoms with Crippen LogP contribution < -0.4 is 0 Å². The van der Waals surface area contributed by atoms with Gasteiger partial charge in [0.1, 0.15) is 0 Å². The summed E-state index contributed by atoms with van der Waals surface area (Å²) in [5, 5.41) is 0. The Kier molecular flexibility index (Phi) is 3.51. The lowest BCUT2D eigenvalue weighted by molar-refractivity contribution is 1.13. The number of hydrogen-bond donors (Lipinski definition) is 0. The Labute approximate surface area is 80.6 Å². The lowest BCUT2D eigenvalue weighted by atomic mass is 10.0. The van der Waals surface area contributed by atoms with Gasteiger partial charge in [0, 0.05) is 0 Å². The first-order valence-corrected chi connectivity index (χ1v) is 4.59. The summed E-state index contributed by atoms with van der Waals surface area (Å²) in [7, 11) is 0. The van der Waals surface area contributed by atoms with Crippen LogP contribution in [0.2, 0.25) is 0 Å². The van der Waals surface area contributed by atoms with E-state index in [1.165, 1.54) is 16.7 Å². The minimum Gasteiger partial charge on any atom is -0.0985 e. The zero-order valence-corrected chi connectivity index (χ0v) is 8.38. The molecule has 0 saturated heterocycles. The van der Waals surface area contributed by atoms with Gasteiger partial charge in [-0.15, -0.1) is 0 Å². The molecule has 0 bridgehead atoms. The van der Waals surface area contributed by atoms with Crippen LogP contribution in [0.25, 0.3) is 6.08 Å². The predicted octanol–water partition coefficient (Wildman–Crippen LogP) is 3.84. The van der Waals surface area contributed by atoms with Gasteiger partial charge in [-0.25, -0.2) is 0 Å². The highest BCUT2D eigenvalue weighted by Crippen LogP contribution is 2.09. The molecule has 0 saturated carbocycles. The van der Waals surface area contributed by atoms with Gasteiger partial charge in [0.2, 0.25) is 0 Å². The summed E-state index contributed by atoms with van der Waals surface area (Å²) in [5.74, 6) is 0. The van der Waals surface area contributed by atoms with Crippen molar-refractivity contribution in [2.45, 2.75) is 20.3 Å². The molecule has 1 rings (SSSR count). The van der Waals surface area contributed by atoms with Crippen LogP contribution in [0.1, 0.15) is 25.0 Å². The summed E-state index contributed by atoms with van der Waals surface area (Å²) in [4.78, 5) is 0. The van der Waals surface area contributed by atoms with Gasteiger partial charge in [-0.05, 0) is 31.4 Å². The van der Waals surface area contributed by atoms with Gasteiger partial charge >= 0.3 is 0 Å². The van der Waals surface area contributed by atoms with E-state index in [0.29, 0.717) is 0 Å². The molecule has 0 aliphatic heterocycles. The standard InChI is InChI=1S/C13H16/c1-4-11(3)10-13-8-6-12(5-2)7-9-13/h4-9H,2,10H2,1,3H3. The fourth-order valence-corrected chi connectivity index (χ4v) is 1.20. The summed E-state index contributed by atoms with van der Waals surface area (Å²) < 4.78 is 0. The van der Waals surface area contributed by atoms with Crippen molar-refractivity contribution < 1.29 is 0 Å². The first-order valence-electron chi connectivity index (χ1n) is 4.59. The van der Waals surface area contributed by atoms with Crippen LogP contribution in [0.3, 0.4) is 0 Å². The van der Waals surface area contributed by atoms with Gasteiger partial charge in [0.25, 0.3) is 0 Å². The van der Waals surface area contributed by atoms with Crippen LogP contribution >= 0.6 is 0 Å². The second-order valence-electron chi connectivity index (χ2n) is 3.26. The molecule has 0 aromatic heterocycles. The molecule has 0 spiro atoms. The van der Waals surface area contributed by atoms with Crippen molar-refractivity contribution in [3.05, 3.63) is 53.6 Å². The normalized spacial score (nSPS) is 11.4. The van der Waals surface area contributed by atoms with E-state index in [9.17, 15) is 0 Å². The van der Waals surface area contributed by atoms with Crippen molar-refractivity contribution in [1.29, 1.82) is 0 Å². The molecule has 0 radical (unpaired) electrons. The third-order valence-electron chi connectivity index (χ3n) is 2.19. The molecule has 0 heterocycles. The predicted molar refractivity (Wildman–Crippen MR) is 59.7 cm³/mol. The summed E-state index contributed by atoms with van der Waals surface area (Å²) in [6.07, 6.45) is 5.07. The second-order valence-corrected chi connectivity index (χ2v) is 3.26. The molecule has 68 valence electrons. The van der Waals surface area contributed by atoms with E-state index in [4.69, 9.17) is 0 Å². The molecule has 0 amide bonds. The lowest BCUT2D eigenvalue weighted by Crippen LogP contribution is -1.85. The van der Waals surface area contributed by atoms with Gasteiger partial charge in [0.15, 0.2) is 0 Å². The first-order chi connectivity index (χ1) is 6.26. The molecule has 0 fully saturated rings. The topological polar surface area (TPSA) is 0 Å². The highest BCUT2D eigenvalue weighted by molar-refractivity contribution is 5.47. The van der Waals surface area contributed by atoms with Crippen LogP contribution in [0.5, 0.6) is 0 Å². The van der Waals surface area contributed by atoms with E-state index < -0.39 is 0 Å². The van der Waals surface area contributed by atoms with E-state index in [1.54, 1.807) is 0 Å². The molecule has 0 heteroatoms. The van der Waals surface area contributed by atoms with Crippen molar-refractivity contribution in [2.75, 3.05) is 0 Å². The summed E-state index contributed by atoms with van der Waals surface area (Å²) in [6, 6.07) is 8.52. The van der Waals surface area contributed by atoms with Gasteiger partial charge in [-0.1, -0.05) is 48.6 Å². The molecule has 0 unspecified atom stereocenters. The fourth-order valence-electron chi connectivity index (χ4n) is 1.20. The van der Waals surface area contributed by atoms with Gasteiger partial charge in [-0.3, -0.25) is 0 Å². The molecule has 0 N–H and O–H groups in total. The summed E-state index contributed by atoms with van der Waals surface area (Å²) in [5.41, 5.74) is 3.95. The van der Waals surface area contributed by atoms with Gasteiger partial charge in [-0.2, -0.15) is 0 Å².